The van der Waals surface area contributed by atoms with Gasteiger partial charge < -0.3 is 10.6 Å². The van der Waals surface area contributed by atoms with Crippen LogP contribution in [-0.4, -0.2) is 27.3 Å². The maximum absolute atomic E-state index is 13.1. The van der Waals surface area contributed by atoms with Gasteiger partial charge in [0, 0.05) is 43.1 Å². The van der Waals surface area contributed by atoms with E-state index in [0.717, 1.165) is 51.9 Å². The molecule has 0 saturated carbocycles. The molecule has 0 bridgehead atoms. The van der Waals surface area contributed by atoms with Gasteiger partial charge in [0.05, 0.1) is 5.69 Å². The van der Waals surface area contributed by atoms with Crippen LogP contribution in [0.15, 0.2) is 60.8 Å². The minimum absolute atomic E-state index is 0.0196. The van der Waals surface area contributed by atoms with Crippen molar-refractivity contribution in [3.05, 3.63) is 88.9 Å². The number of hydrogen-bond acceptors (Lipinski definition) is 6. The number of nitrogens with two attached hydrogens (primary N) is 1. The highest BCUT2D eigenvalue weighted by molar-refractivity contribution is 6.02. The number of aryl methyl sites for hydroxylation is 1. The Balaban J connectivity index is 1.52. The number of rotatable bonds is 4. The molecule has 1 aliphatic rings. The van der Waals surface area contributed by atoms with E-state index in [1.807, 2.05) is 55.5 Å². The Morgan fingerprint density at radius 2 is 1.97 bits per heavy atom. The number of nitrogens with zero attached hydrogens (tertiary/aromatic N) is 4. The summed E-state index contributed by atoms with van der Waals surface area (Å²) in [5.41, 5.74) is 10.4. The number of Topliss-reactive ketones (excluding diaryl/α,β-unsaturated/α-hetero) is 1. The summed E-state index contributed by atoms with van der Waals surface area (Å²) < 4.78 is 0. The van der Waals surface area contributed by atoms with E-state index in [-0.39, 0.29) is 5.78 Å². The number of ketones is 1. The first kappa shape index (κ1) is 19.2. The van der Waals surface area contributed by atoms with E-state index < -0.39 is 0 Å². The molecule has 154 valence electrons. The summed E-state index contributed by atoms with van der Waals surface area (Å²) in [4.78, 5) is 28.7. The summed E-state index contributed by atoms with van der Waals surface area (Å²) in [5.74, 6) is 1.15. The molecule has 5 rings (SSSR count). The molecule has 1 aliphatic heterocycles. The van der Waals surface area contributed by atoms with Crippen molar-refractivity contribution in [2.45, 2.75) is 26.3 Å². The van der Waals surface area contributed by atoms with E-state index in [4.69, 9.17) is 10.7 Å². The Labute approximate surface area is 180 Å². The van der Waals surface area contributed by atoms with Gasteiger partial charge in [-0.05, 0) is 23.9 Å². The Morgan fingerprint density at radius 3 is 2.84 bits per heavy atom. The van der Waals surface area contributed by atoms with Crippen LogP contribution in [0.2, 0.25) is 0 Å². The maximum Gasteiger partial charge on any atom is 0.220 e. The molecular formula is C25H23N5O. The lowest BCUT2D eigenvalue weighted by molar-refractivity contribution is 0.0988. The molecule has 3 heterocycles. The molecule has 2 N–H and O–H groups in total. The zero-order chi connectivity index (χ0) is 21.4. The molecule has 0 saturated heterocycles. The topological polar surface area (TPSA) is 85.0 Å². The van der Waals surface area contributed by atoms with E-state index >= 15 is 0 Å². The number of carbonyl (C=O) groups excluding carboxylic acids is 1. The normalized spacial score (nSPS) is 13.3. The van der Waals surface area contributed by atoms with Gasteiger partial charge in [0.15, 0.2) is 5.78 Å². The number of hydrogen-bond donors (Lipinski definition) is 1. The molecule has 0 spiro atoms. The van der Waals surface area contributed by atoms with E-state index in [1.54, 1.807) is 6.20 Å². The minimum atomic E-state index is 0.0196. The van der Waals surface area contributed by atoms with Crippen LogP contribution in [0.3, 0.4) is 0 Å². The molecule has 0 fully saturated rings. The lowest BCUT2D eigenvalue weighted by Crippen LogP contribution is -2.32. The third-order valence-electron chi connectivity index (χ3n) is 5.71. The van der Waals surface area contributed by atoms with Crippen LogP contribution in [-0.2, 0) is 19.4 Å². The van der Waals surface area contributed by atoms with Crippen molar-refractivity contribution in [3.8, 4) is 0 Å². The molecule has 2 aromatic carbocycles. The average Bonchev–Trinajstić information content (AvgIpc) is 2.78. The van der Waals surface area contributed by atoms with E-state index in [1.165, 1.54) is 0 Å². The average molecular weight is 409 g/mol. The molecule has 0 atom stereocenters. The summed E-state index contributed by atoms with van der Waals surface area (Å²) >= 11 is 0. The third-order valence-corrected chi connectivity index (χ3v) is 5.71. The second-order valence-electron chi connectivity index (χ2n) is 8.01. The second-order valence-corrected chi connectivity index (χ2v) is 8.01. The van der Waals surface area contributed by atoms with Crippen LogP contribution in [0.1, 0.15) is 32.9 Å². The quantitative estimate of drug-likeness (QED) is 0.515. The third kappa shape index (κ3) is 3.84. The molecule has 4 aromatic rings. The van der Waals surface area contributed by atoms with Crippen molar-refractivity contribution in [3.63, 3.8) is 0 Å². The van der Waals surface area contributed by atoms with Gasteiger partial charge in [0.2, 0.25) is 5.95 Å². The molecule has 31 heavy (non-hydrogen) atoms. The fourth-order valence-corrected chi connectivity index (χ4v) is 4.17. The molecular weight excluding hydrogens is 386 g/mol. The van der Waals surface area contributed by atoms with Crippen LogP contribution < -0.4 is 10.6 Å². The molecule has 2 aromatic heterocycles. The first-order valence-electron chi connectivity index (χ1n) is 10.4. The van der Waals surface area contributed by atoms with Gasteiger partial charge in [-0.1, -0.05) is 54.1 Å². The summed E-state index contributed by atoms with van der Waals surface area (Å²) in [6, 6.07) is 18.0. The van der Waals surface area contributed by atoms with Gasteiger partial charge in [0.25, 0.3) is 0 Å². The SMILES string of the molecule is Cc1cccc(CC(=O)c2cc3ccccc3c(N3CCc4nc(N)ncc4C3)n2)c1. The minimum Gasteiger partial charge on any atom is -0.368 e. The molecule has 0 unspecified atom stereocenters. The standard InChI is InChI=1S/C25H23N5O/c1-16-5-4-6-17(11-16)12-23(31)22-13-18-7-2-3-8-20(18)24(28-22)30-10-9-21-19(15-30)14-27-25(26)29-21/h2-8,11,13-14H,9-10,12,15H2,1H3,(H2,26,27,29). The number of pyridine rings is 1. The van der Waals surface area contributed by atoms with Crippen molar-refractivity contribution < 1.29 is 4.79 Å². The number of aromatic nitrogens is 3. The maximum atomic E-state index is 13.1. The number of benzene rings is 2. The first-order chi connectivity index (χ1) is 15.1. The lowest BCUT2D eigenvalue weighted by atomic mass is 10.0. The highest BCUT2D eigenvalue weighted by Crippen LogP contribution is 2.30. The van der Waals surface area contributed by atoms with Gasteiger partial charge in [0.1, 0.15) is 11.5 Å². The van der Waals surface area contributed by atoms with E-state index in [0.29, 0.717) is 24.6 Å². The smallest absolute Gasteiger partial charge is 0.220 e. The van der Waals surface area contributed by atoms with Crippen molar-refractivity contribution in [1.82, 2.24) is 15.0 Å². The molecule has 6 heteroatoms. The number of carbonyl (C=O) groups is 1. The number of anilines is 2. The van der Waals surface area contributed by atoms with Crippen LogP contribution in [0.25, 0.3) is 10.8 Å². The van der Waals surface area contributed by atoms with Crippen LogP contribution >= 0.6 is 0 Å². The van der Waals surface area contributed by atoms with Gasteiger partial charge in [-0.2, -0.15) is 0 Å². The zero-order valence-electron chi connectivity index (χ0n) is 17.4. The Kier molecular flexibility index (Phi) is 4.82. The van der Waals surface area contributed by atoms with Crippen LogP contribution in [0, 0.1) is 6.92 Å². The zero-order valence-corrected chi connectivity index (χ0v) is 17.4. The fourth-order valence-electron chi connectivity index (χ4n) is 4.17. The number of nitrogen functional groups attached to an aromatic ring is 1. The Hall–Kier alpha value is -3.80. The molecule has 0 radical (unpaired) electrons. The first-order valence-corrected chi connectivity index (χ1v) is 10.4. The predicted octanol–water partition coefficient (Wildman–Crippen LogP) is 3.90. The molecule has 0 aliphatic carbocycles. The fraction of sp³-hybridized carbons (Fsp3) is 0.200. The van der Waals surface area contributed by atoms with Crippen molar-refractivity contribution in [2.75, 3.05) is 17.2 Å². The Morgan fingerprint density at radius 1 is 1.10 bits per heavy atom. The molecule has 6 nitrogen and oxygen atoms in total. The van der Waals surface area contributed by atoms with Gasteiger partial charge >= 0.3 is 0 Å². The molecule has 0 amide bonds. The highest BCUT2D eigenvalue weighted by atomic mass is 16.1. The van der Waals surface area contributed by atoms with Crippen molar-refractivity contribution in [2.24, 2.45) is 0 Å². The van der Waals surface area contributed by atoms with Crippen LogP contribution in [0.4, 0.5) is 11.8 Å². The van der Waals surface area contributed by atoms with E-state index in [9.17, 15) is 4.79 Å². The predicted molar refractivity (Wildman–Crippen MR) is 122 cm³/mol. The van der Waals surface area contributed by atoms with Crippen LogP contribution in [0.5, 0.6) is 0 Å². The summed E-state index contributed by atoms with van der Waals surface area (Å²) in [7, 11) is 0. The summed E-state index contributed by atoms with van der Waals surface area (Å²) in [6.45, 7) is 3.43. The summed E-state index contributed by atoms with van der Waals surface area (Å²) in [6.07, 6.45) is 2.89. The van der Waals surface area contributed by atoms with Crippen molar-refractivity contribution >= 4 is 28.3 Å². The second kappa shape index (κ2) is 7.80. The number of fused-ring (bicyclic) bond motifs is 2. The Bertz CT molecular complexity index is 1300. The monoisotopic (exact) mass is 409 g/mol. The van der Waals surface area contributed by atoms with Gasteiger partial charge in [-0.3, -0.25) is 4.79 Å². The summed E-state index contributed by atoms with van der Waals surface area (Å²) in [5, 5.41) is 2.05. The van der Waals surface area contributed by atoms with Gasteiger partial charge in [-0.25, -0.2) is 15.0 Å². The van der Waals surface area contributed by atoms with Crippen molar-refractivity contribution in [1.29, 1.82) is 0 Å². The lowest BCUT2D eigenvalue weighted by Gasteiger charge is -2.30. The largest absolute Gasteiger partial charge is 0.368 e. The van der Waals surface area contributed by atoms with Gasteiger partial charge in [-0.15, -0.1) is 0 Å². The highest BCUT2D eigenvalue weighted by Gasteiger charge is 2.22. The van der Waals surface area contributed by atoms with E-state index in [2.05, 4.69) is 20.9 Å².